The van der Waals surface area contributed by atoms with Gasteiger partial charge in [-0.15, -0.1) is 0 Å². The van der Waals surface area contributed by atoms with E-state index in [-0.39, 0.29) is 12.1 Å². The Kier molecular flexibility index (Phi) is 6.37. The maximum atomic E-state index is 14.1. The monoisotopic (exact) mass is 391 g/mol. The molecule has 0 radical (unpaired) electrons. The molecule has 0 bridgehead atoms. The van der Waals surface area contributed by atoms with Gasteiger partial charge < -0.3 is 0 Å². The van der Waals surface area contributed by atoms with Gasteiger partial charge in [0.05, 0.1) is 4.90 Å². The van der Waals surface area contributed by atoms with Crippen molar-refractivity contribution in [3.63, 3.8) is 0 Å². The highest BCUT2D eigenvalue weighted by atomic mass is 32.2. The van der Waals surface area contributed by atoms with Crippen LogP contribution in [0.15, 0.2) is 4.90 Å². The lowest BCUT2D eigenvalue weighted by Gasteiger charge is -2.41. The van der Waals surface area contributed by atoms with E-state index >= 15 is 0 Å². The lowest BCUT2D eigenvalue weighted by molar-refractivity contribution is 0.169. The van der Waals surface area contributed by atoms with E-state index in [0.29, 0.717) is 4.90 Å². The molecule has 152 valence electrons. The Morgan fingerprint density at radius 3 is 1.30 bits per heavy atom. The van der Waals surface area contributed by atoms with Crippen LogP contribution in [0, 0.1) is 34.6 Å². The van der Waals surface area contributed by atoms with Crippen molar-refractivity contribution in [2.45, 2.75) is 116 Å². The molecule has 1 aromatic carbocycles. The molecule has 0 aliphatic heterocycles. The van der Waals surface area contributed by atoms with Crippen molar-refractivity contribution in [2.24, 2.45) is 0 Å². The first kappa shape index (κ1) is 20.9. The highest BCUT2D eigenvalue weighted by Gasteiger charge is 2.40. The van der Waals surface area contributed by atoms with Gasteiger partial charge in [-0.3, -0.25) is 0 Å². The molecule has 0 amide bonds. The van der Waals surface area contributed by atoms with Crippen molar-refractivity contribution in [3.05, 3.63) is 27.8 Å². The fraction of sp³-hybridized carbons (Fsp3) is 0.739. The van der Waals surface area contributed by atoms with Gasteiger partial charge >= 0.3 is 0 Å². The summed E-state index contributed by atoms with van der Waals surface area (Å²) in [7, 11) is -3.49. The van der Waals surface area contributed by atoms with Crippen molar-refractivity contribution >= 4 is 10.0 Å². The van der Waals surface area contributed by atoms with E-state index in [0.717, 1.165) is 73.6 Å². The Morgan fingerprint density at radius 2 is 0.926 bits per heavy atom. The second-order valence-corrected chi connectivity index (χ2v) is 10.7. The molecule has 4 heteroatoms. The molecule has 0 spiro atoms. The Balaban J connectivity index is 2.13. The van der Waals surface area contributed by atoms with E-state index in [1.54, 1.807) is 0 Å². The summed E-state index contributed by atoms with van der Waals surface area (Å²) in [6.07, 6.45) is 11.2. The minimum Gasteiger partial charge on any atom is -0.207 e. The van der Waals surface area contributed by atoms with Crippen LogP contribution in [0.5, 0.6) is 0 Å². The minimum atomic E-state index is -3.49. The lowest BCUT2D eigenvalue weighted by Crippen LogP contribution is -2.49. The van der Waals surface area contributed by atoms with E-state index in [1.807, 2.05) is 18.2 Å². The molecule has 0 heterocycles. The molecule has 27 heavy (non-hydrogen) atoms. The van der Waals surface area contributed by atoms with Crippen LogP contribution < -0.4 is 0 Å². The number of hydrogen-bond donors (Lipinski definition) is 0. The van der Waals surface area contributed by atoms with E-state index in [9.17, 15) is 8.42 Å². The van der Waals surface area contributed by atoms with Crippen LogP contribution in [0.4, 0.5) is 0 Å². The third kappa shape index (κ3) is 3.85. The molecule has 0 unspecified atom stereocenters. The molecule has 2 aliphatic carbocycles. The van der Waals surface area contributed by atoms with Crippen molar-refractivity contribution in [1.82, 2.24) is 4.31 Å². The topological polar surface area (TPSA) is 37.4 Å². The zero-order valence-electron chi connectivity index (χ0n) is 17.9. The minimum absolute atomic E-state index is 0.188. The molecule has 1 aromatic rings. The van der Waals surface area contributed by atoms with Gasteiger partial charge in [0.25, 0.3) is 0 Å². The first-order chi connectivity index (χ1) is 12.8. The molecule has 0 atom stereocenters. The van der Waals surface area contributed by atoms with Crippen molar-refractivity contribution in [1.29, 1.82) is 0 Å². The van der Waals surface area contributed by atoms with E-state index in [4.69, 9.17) is 0 Å². The van der Waals surface area contributed by atoms with Gasteiger partial charge in [-0.1, -0.05) is 38.5 Å². The molecule has 0 saturated heterocycles. The van der Waals surface area contributed by atoms with Crippen LogP contribution >= 0.6 is 0 Å². The van der Waals surface area contributed by atoms with Crippen LogP contribution in [-0.4, -0.2) is 24.8 Å². The molecular formula is C23H37NO2S. The van der Waals surface area contributed by atoms with Crippen molar-refractivity contribution < 1.29 is 8.42 Å². The maximum Gasteiger partial charge on any atom is 0.244 e. The number of rotatable bonds is 4. The average Bonchev–Trinajstić information content (AvgIpc) is 2.66. The summed E-state index contributed by atoms with van der Waals surface area (Å²) >= 11 is 0. The third-order valence-corrected chi connectivity index (χ3v) is 9.62. The molecule has 3 rings (SSSR count). The fourth-order valence-corrected chi connectivity index (χ4v) is 7.82. The predicted molar refractivity (Wildman–Crippen MR) is 113 cm³/mol. The predicted octanol–water partition coefficient (Wildman–Crippen LogP) is 5.88. The summed E-state index contributed by atoms with van der Waals surface area (Å²) < 4.78 is 30.2. The van der Waals surface area contributed by atoms with Crippen molar-refractivity contribution in [2.75, 3.05) is 0 Å². The summed E-state index contributed by atoms with van der Waals surface area (Å²) in [6.45, 7) is 10.3. The van der Waals surface area contributed by atoms with Crippen LogP contribution in [0.1, 0.15) is 92.0 Å². The molecule has 2 fully saturated rings. The van der Waals surface area contributed by atoms with Gasteiger partial charge in [0.1, 0.15) is 0 Å². The van der Waals surface area contributed by atoms with Gasteiger partial charge in [0.2, 0.25) is 10.0 Å². The van der Waals surface area contributed by atoms with E-state index in [2.05, 4.69) is 20.8 Å². The number of hydrogen-bond acceptors (Lipinski definition) is 2. The van der Waals surface area contributed by atoms with Crippen LogP contribution in [0.2, 0.25) is 0 Å². The quantitative estimate of drug-likeness (QED) is 0.642. The Hall–Kier alpha value is -0.870. The highest BCUT2D eigenvalue weighted by Crippen LogP contribution is 2.38. The molecule has 3 nitrogen and oxygen atoms in total. The van der Waals surface area contributed by atoms with E-state index < -0.39 is 10.0 Å². The van der Waals surface area contributed by atoms with Crippen molar-refractivity contribution in [3.8, 4) is 0 Å². The van der Waals surface area contributed by atoms with Crippen LogP contribution in [0.25, 0.3) is 0 Å². The highest BCUT2D eigenvalue weighted by molar-refractivity contribution is 7.89. The summed E-state index contributed by atoms with van der Waals surface area (Å²) in [5.74, 6) is 0. The lowest BCUT2D eigenvalue weighted by atomic mass is 9.91. The standard InChI is InChI=1S/C23H37NO2S/c1-16-17(2)19(4)23(20(5)18(16)3)27(25,26)24(21-12-8-6-9-13-21)22-14-10-7-11-15-22/h21-22H,6-15H2,1-5H3. The van der Waals surface area contributed by atoms with Gasteiger partial charge in [0.15, 0.2) is 0 Å². The molecule has 2 aliphatic rings. The maximum absolute atomic E-state index is 14.1. The Labute approximate surface area is 166 Å². The summed E-state index contributed by atoms with van der Waals surface area (Å²) in [5, 5.41) is 0. The SMILES string of the molecule is Cc1c(C)c(C)c(S(=O)(=O)N(C2CCCCC2)C2CCCCC2)c(C)c1C. The zero-order chi connectivity index (χ0) is 19.8. The third-order valence-electron chi connectivity index (χ3n) is 7.34. The number of benzene rings is 1. The van der Waals surface area contributed by atoms with Crippen LogP contribution in [0.3, 0.4) is 0 Å². The van der Waals surface area contributed by atoms with Gasteiger partial charge in [-0.05, 0) is 88.1 Å². The van der Waals surface area contributed by atoms with Gasteiger partial charge in [0, 0.05) is 12.1 Å². The van der Waals surface area contributed by atoms with Gasteiger partial charge in [-0.25, -0.2) is 8.42 Å². The fourth-order valence-electron chi connectivity index (χ4n) is 5.32. The summed E-state index contributed by atoms with van der Waals surface area (Å²) in [4.78, 5) is 0.597. The van der Waals surface area contributed by atoms with E-state index in [1.165, 1.54) is 18.4 Å². The Bertz CT molecular complexity index is 738. The second-order valence-electron chi connectivity index (χ2n) is 8.87. The largest absolute Gasteiger partial charge is 0.244 e. The molecule has 0 aromatic heterocycles. The number of nitrogens with zero attached hydrogens (tertiary/aromatic N) is 1. The molecular weight excluding hydrogens is 354 g/mol. The zero-order valence-corrected chi connectivity index (χ0v) is 18.7. The smallest absolute Gasteiger partial charge is 0.207 e. The molecule has 2 saturated carbocycles. The number of sulfonamides is 1. The second kappa shape index (κ2) is 8.24. The first-order valence-electron chi connectivity index (χ1n) is 10.9. The van der Waals surface area contributed by atoms with Gasteiger partial charge in [-0.2, -0.15) is 4.31 Å². The average molecular weight is 392 g/mol. The van der Waals surface area contributed by atoms with Crippen LogP contribution in [-0.2, 0) is 10.0 Å². The molecule has 0 N–H and O–H groups in total. The summed E-state index contributed by atoms with van der Waals surface area (Å²) in [6, 6.07) is 0.375. The normalized spacial score (nSPS) is 20.4. The first-order valence-corrected chi connectivity index (χ1v) is 12.3. The Morgan fingerprint density at radius 1 is 0.593 bits per heavy atom. The summed E-state index contributed by atoms with van der Waals surface area (Å²) in [5.41, 5.74) is 5.39.